The summed E-state index contributed by atoms with van der Waals surface area (Å²) in [5.74, 6) is -1.57. The predicted molar refractivity (Wildman–Crippen MR) is 88.2 cm³/mol. The molecule has 3 heterocycles. The van der Waals surface area contributed by atoms with E-state index < -0.39 is 11.9 Å². The zero-order valence-electron chi connectivity index (χ0n) is 12.9. The molecule has 0 spiro atoms. The molecule has 2 aliphatic heterocycles. The third-order valence-corrected chi connectivity index (χ3v) is 4.04. The molecule has 1 aromatic rings. The first kappa shape index (κ1) is 18.2. The van der Waals surface area contributed by atoms with Gasteiger partial charge < -0.3 is 20.4 Å². The lowest BCUT2D eigenvalue weighted by Gasteiger charge is -2.24. The Bertz CT molecular complexity index is 592. The first-order valence-electron chi connectivity index (χ1n) is 7.58. The number of nitrogens with one attached hydrogen (secondary N) is 1. The number of hydrogen-bond acceptors (Lipinski definition) is 6. The Morgan fingerprint density at radius 1 is 1.12 bits per heavy atom. The Morgan fingerprint density at radius 2 is 1.79 bits per heavy atom. The minimum atomic E-state index is -1.26. The van der Waals surface area contributed by atoms with Crippen molar-refractivity contribution in [2.75, 3.05) is 18.0 Å². The summed E-state index contributed by atoms with van der Waals surface area (Å²) in [5.41, 5.74) is 0. The van der Waals surface area contributed by atoms with Gasteiger partial charge in [0.15, 0.2) is 11.0 Å². The minimum Gasteiger partial charge on any atom is -0.478 e. The highest BCUT2D eigenvalue weighted by Crippen LogP contribution is 2.23. The molecule has 2 atom stereocenters. The molecule has 8 nitrogen and oxygen atoms in total. The molecule has 0 amide bonds. The average molecular weight is 355 g/mol. The minimum absolute atomic E-state index is 0.457. The number of rotatable bonds is 3. The van der Waals surface area contributed by atoms with Crippen LogP contribution in [0, 0.1) is 0 Å². The van der Waals surface area contributed by atoms with Gasteiger partial charge in [-0.1, -0.05) is 11.6 Å². The summed E-state index contributed by atoms with van der Waals surface area (Å²) in [6, 6.07) is 5.08. The number of carboxylic acid groups (broad SMARTS) is 2. The van der Waals surface area contributed by atoms with E-state index in [4.69, 9.17) is 21.8 Å². The summed E-state index contributed by atoms with van der Waals surface area (Å²) >= 11 is 5.74. The molecule has 3 rings (SSSR count). The molecule has 0 aliphatic carbocycles. The van der Waals surface area contributed by atoms with Crippen LogP contribution in [0.15, 0.2) is 24.3 Å². The molecule has 2 saturated heterocycles. The van der Waals surface area contributed by atoms with Crippen molar-refractivity contribution in [2.45, 2.75) is 31.3 Å². The molecule has 3 N–H and O–H groups in total. The molecule has 2 fully saturated rings. The molecule has 0 radical (unpaired) electrons. The average Bonchev–Trinajstić information content (AvgIpc) is 2.86. The van der Waals surface area contributed by atoms with Crippen LogP contribution in [0.25, 0.3) is 0 Å². The van der Waals surface area contributed by atoms with Crippen LogP contribution in [0.4, 0.5) is 5.82 Å². The van der Waals surface area contributed by atoms with Crippen molar-refractivity contribution in [3.05, 3.63) is 29.4 Å². The van der Waals surface area contributed by atoms with Gasteiger partial charge in [0.1, 0.15) is 0 Å². The maximum absolute atomic E-state index is 9.55. The van der Waals surface area contributed by atoms with Crippen molar-refractivity contribution >= 4 is 29.4 Å². The van der Waals surface area contributed by atoms with Gasteiger partial charge in [-0.3, -0.25) is 0 Å². The Balaban J connectivity index is 0.000000224. The zero-order valence-corrected chi connectivity index (χ0v) is 13.7. The van der Waals surface area contributed by atoms with E-state index in [0.717, 1.165) is 18.9 Å². The normalized spacial score (nSPS) is 22.6. The molecular formula is C15H19ClN4O4. The highest BCUT2D eigenvalue weighted by atomic mass is 35.5. The van der Waals surface area contributed by atoms with E-state index in [1.54, 1.807) is 6.07 Å². The summed E-state index contributed by atoms with van der Waals surface area (Å²) in [6.45, 7) is 2.09. The summed E-state index contributed by atoms with van der Waals surface area (Å²) < 4.78 is 0. The molecule has 2 unspecified atom stereocenters. The molecular weight excluding hydrogens is 336 g/mol. The first-order chi connectivity index (χ1) is 11.4. The highest BCUT2D eigenvalue weighted by Gasteiger charge is 2.29. The van der Waals surface area contributed by atoms with E-state index in [-0.39, 0.29) is 0 Å². The van der Waals surface area contributed by atoms with Crippen LogP contribution >= 0.6 is 11.6 Å². The number of anilines is 1. The van der Waals surface area contributed by atoms with Crippen molar-refractivity contribution in [1.82, 2.24) is 15.5 Å². The van der Waals surface area contributed by atoms with Gasteiger partial charge in [-0.15, -0.1) is 10.2 Å². The lowest BCUT2D eigenvalue weighted by atomic mass is 10.1. The van der Waals surface area contributed by atoms with Gasteiger partial charge in [-0.2, -0.15) is 0 Å². The number of carboxylic acids is 2. The Hall–Kier alpha value is -2.19. The van der Waals surface area contributed by atoms with Crippen molar-refractivity contribution in [3.63, 3.8) is 0 Å². The van der Waals surface area contributed by atoms with Gasteiger partial charge in [0.25, 0.3) is 0 Å². The van der Waals surface area contributed by atoms with Gasteiger partial charge in [0, 0.05) is 37.3 Å². The van der Waals surface area contributed by atoms with Crippen molar-refractivity contribution < 1.29 is 19.8 Å². The van der Waals surface area contributed by atoms with E-state index in [2.05, 4.69) is 20.4 Å². The number of hydrogen-bond donors (Lipinski definition) is 3. The van der Waals surface area contributed by atoms with Gasteiger partial charge in [-0.05, 0) is 31.4 Å². The fourth-order valence-corrected chi connectivity index (χ4v) is 2.87. The second-order valence-electron chi connectivity index (χ2n) is 5.60. The summed E-state index contributed by atoms with van der Waals surface area (Å²) in [6.07, 6.45) is 4.92. The molecule has 130 valence electrons. The molecule has 0 aromatic carbocycles. The number of aromatic nitrogens is 2. The Morgan fingerprint density at radius 3 is 2.38 bits per heavy atom. The standard InChI is InChI=1S/C11H15ClN4.C4H4O4/c12-10-3-4-11(15-14-10)16-6-5-8-1-2-9(7-16)13-8;5-3(6)1-2-4(7)8/h3-4,8-9,13H,1-2,5-7H2;1-2H,(H,5,6)(H,7,8)/b;2-1+. The molecule has 0 saturated carbocycles. The number of halogens is 1. The van der Waals surface area contributed by atoms with E-state index in [0.29, 0.717) is 29.4 Å². The summed E-state index contributed by atoms with van der Waals surface area (Å²) in [5, 5.41) is 27.8. The largest absolute Gasteiger partial charge is 0.478 e. The van der Waals surface area contributed by atoms with Gasteiger partial charge >= 0.3 is 11.9 Å². The third-order valence-electron chi connectivity index (χ3n) is 3.83. The topological polar surface area (TPSA) is 116 Å². The van der Waals surface area contributed by atoms with Crippen molar-refractivity contribution in [2.24, 2.45) is 0 Å². The number of aliphatic carboxylic acids is 2. The van der Waals surface area contributed by atoms with Crippen LogP contribution in [-0.2, 0) is 9.59 Å². The van der Waals surface area contributed by atoms with Crippen LogP contribution < -0.4 is 10.2 Å². The van der Waals surface area contributed by atoms with Gasteiger partial charge in [0.05, 0.1) is 0 Å². The molecule has 24 heavy (non-hydrogen) atoms. The second-order valence-corrected chi connectivity index (χ2v) is 5.98. The van der Waals surface area contributed by atoms with Crippen LogP contribution in [0.5, 0.6) is 0 Å². The monoisotopic (exact) mass is 354 g/mol. The maximum atomic E-state index is 9.55. The van der Waals surface area contributed by atoms with Crippen LogP contribution in [0.3, 0.4) is 0 Å². The quantitative estimate of drug-likeness (QED) is 0.693. The third kappa shape index (κ3) is 5.78. The molecule has 9 heteroatoms. The number of nitrogens with zero attached hydrogens (tertiary/aromatic N) is 3. The van der Waals surface area contributed by atoms with Crippen LogP contribution in [-0.4, -0.2) is 57.5 Å². The predicted octanol–water partition coefficient (Wildman–Crippen LogP) is 1.17. The fourth-order valence-electron chi connectivity index (χ4n) is 2.77. The summed E-state index contributed by atoms with van der Waals surface area (Å²) in [7, 11) is 0. The zero-order chi connectivity index (χ0) is 17.5. The Kier molecular flexibility index (Phi) is 6.51. The molecule has 2 aliphatic rings. The molecule has 2 bridgehead atoms. The van der Waals surface area contributed by atoms with Crippen molar-refractivity contribution in [1.29, 1.82) is 0 Å². The fraction of sp³-hybridized carbons (Fsp3) is 0.467. The van der Waals surface area contributed by atoms with Gasteiger partial charge in [-0.25, -0.2) is 9.59 Å². The second kappa shape index (κ2) is 8.60. The van der Waals surface area contributed by atoms with E-state index in [1.165, 1.54) is 19.3 Å². The number of carbonyl (C=O) groups is 2. The lowest BCUT2D eigenvalue weighted by molar-refractivity contribution is -0.134. The lowest BCUT2D eigenvalue weighted by Crippen LogP contribution is -2.35. The summed E-state index contributed by atoms with van der Waals surface area (Å²) in [4.78, 5) is 21.4. The van der Waals surface area contributed by atoms with E-state index in [9.17, 15) is 9.59 Å². The SMILES string of the molecule is Clc1ccc(N2CCC3CCC(C2)N3)nn1.O=C(O)/C=C/C(=O)O. The first-order valence-corrected chi connectivity index (χ1v) is 7.96. The van der Waals surface area contributed by atoms with Gasteiger partial charge in [0.2, 0.25) is 0 Å². The Labute approximate surface area is 144 Å². The van der Waals surface area contributed by atoms with E-state index >= 15 is 0 Å². The highest BCUT2D eigenvalue weighted by molar-refractivity contribution is 6.29. The smallest absolute Gasteiger partial charge is 0.328 e. The maximum Gasteiger partial charge on any atom is 0.328 e. The van der Waals surface area contributed by atoms with Crippen LogP contribution in [0.1, 0.15) is 19.3 Å². The van der Waals surface area contributed by atoms with E-state index in [1.807, 2.05) is 6.07 Å². The molecule has 1 aromatic heterocycles. The van der Waals surface area contributed by atoms with Crippen LogP contribution in [0.2, 0.25) is 5.15 Å². The number of fused-ring (bicyclic) bond motifs is 2. The van der Waals surface area contributed by atoms with Crippen molar-refractivity contribution in [3.8, 4) is 0 Å².